The monoisotopic (exact) mass is 333 g/mol. The van der Waals surface area contributed by atoms with Gasteiger partial charge < -0.3 is 14.6 Å². The van der Waals surface area contributed by atoms with E-state index in [4.69, 9.17) is 11.6 Å². The van der Waals surface area contributed by atoms with Gasteiger partial charge in [-0.2, -0.15) is 0 Å². The molecule has 2 heterocycles. The van der Waals surface area contributed by atoms with Crippen molar-refractivity contribution < 1.29 is 5.11 Å². The highest BCUT2D eigenvalue weighted by molar-refractivity contribution is 6.30. The van der Waals surface area contributed by atoms with Crippen LogP contribution < -0.4 is 0 Å². The van der Waals surface area contributed by atoms with Crippen LogP contribution in [0.4, 0.5) is 0 Å². The molecule has 0 unspecified atom stereocenters. The van der Waals surface area contributed by atoms with Crippen molar-refractivity contribution in [3.8, 4) is 11.4 Å². The number of rotatable bonds is 5. The average Bonchev–Trinajstić information content (AvgIpc) is 2.83. The third-order valence-corrected chi connectivity index (χ3v) is 4.64. The first kappa shape index (κ1) is 16.5. The van der Waals surface area contributed by atoms with E-state index in [0.717, 1.165) is 31.0 Å². The van der Waals surface area contributed by atoms with Gasteiger partial charge in [0, 0.05) is 29.5 Å². The number of likely N-dealkylation sites (tertiary alicyclic amines) is 1. The lowest BCUT2D eigenvalue weighted by atomic mass is 10.2. The average molecular weight is 334 g/mol. The number of hydrogen-bond donors (Lipinski definition) is 1. The number of nitrogens with zero attached hydrogens (tertiary/aromatic N) is 3. The van der Waals surface area contributed by atoms with Crippen molar-refractivity contribution in [3.63, 3.8) is 0 Å². The second kappa shape index (κ2) is 7.95. The van der Waals surface area contributed by atoms with Crippen molar-refractivity contribution in [2.24, 2.45) is 0 Å². The largest absolute Gasteiger partial charge is 0.390 e. The molecule has 1 aromatic carbocycles. The minimum atomic E-state index is -0.381. The van der Waals surface area contributed by atoms with Crippen LogP contribution in [0.2, 0.25) is 5.02 Å². The topological polar surface area (TPSA) is 41.3 Å². The number of hydrogen-bond acceptors (Lipinski definition) is 3. The standard InChI is InChI=1S/C18H24ClN3O/c19-16-7-5-15(6-8-16)18-20-9-12-22(18)14-17(23)13-21-10-3-1-2-4-11-21/h5-9,12,17,23H,1-4,10-11,13-14H2/t17-/m1/s1. The van der Waals surface area contributed by atoms with Crippen molar-refractivity contribution in [3.05, 3.63) is 41.7 Å². The molecule has 23 heavy (non-hydrogen) atoms. The van der Waals surface area contributed by atoms with Crippen molar-refractivity contribution >= 4 is 11.6 Å². The van der Waals surface area contributed by atoms with E-state index in [2.05, 4.69) is 9.88 Å². The number of aliphatic hydroxyl groups excluding tert-OH is 1. The predicted molar refractivity (Wildman–Crippen MR) is 93.6 cm³/mol. The SMILES string of the molecule is O[C@H](CN1CCCCCC1)Cn1ccnc1-c1ccc(Cl)cc1. The number of aromatic nitrogens is 2. The van der Waals surface area contributed by atoms with Crippen LogP contribution in [0.3, 0.4) is 0 Å². The van der Waals surface area contributed by atoms with Crippen molar-refractivity contribution in [2.45, 2.75) is 38.3 Å². The molecule has 4 nitrogen and oxygen atoms in total. The Bertz CT molecular complexity index is 603. The van der Waals surface area contributed by atoms with Gasteiger partial charge in [0.15, 0.2) is 0 Å². The van der Waals surface area contributed by atoms with E-state index in [1.807, 2.05) is 35.0 Å². The van der Waals surface area contributed by atoms with Crippen molar-refractivity contribution in [1.29, 1.82) is 0 Å². The maximum atomic E-state index is 10.5. The molecule has 0 amide bonds. The molecule has 1 aromatic heterocycles. The van der Waals surface area contributed by atoms with Gasteiger partial charge in [-0.15, -0.1) is 0 Å². The second-order valence-corrected chi connectivity index (χ2v) is 6.72. The molecule has 0 bridgehead atoms. The zero-order chi connectivity index (χ0) is 16.1. The van der Waals surface area contributed by atoms with Gasteiger partial charge in [-0.25, -0.2) is 4.98 Å². The van der Waals surface area contributed by atoms with Gasteiger partial charge in [0.1, 0.15) is 5.82 Å². The van der Waals surface area contributed by atoms with Crippen LogP contribution in [-0.2, 0) is 6.54 Å². The lowest BCUT2D eigenvalue weighted by molar-refractivity contribution is 0.1000. The Labute approximate surface area is 142 Å². The van der Waals surface area contributed by atoms with Crippen molar-refractivity contribution in [2.75, 3.05) is 19.6 Å². The highest BCUT2D eigenvalue weighted by Crippen LogP contribution is 2.20. The smallest absolute Gasteiger partial charge is 0.139 e. The van der Waals surface area contributed by atoms with Gasteiger partial charge in [0.2, 0.25) is 0 Å². The fourth-order valence-corrected chi connectivity index (χ4v) is 3.34. The fourth-order valence-electron chi connectivity index (χ4n) is 3.22. The van der Waals surface area contributed by atoms with E-state index in [1.165, 1.54) is 25.7 Å². The molecular formula is C18H24ClN3O. The Morgan fingerprint density at radius 2 is 1.74 bits per heavy atom. The van der Waals surface area contributed by atoms with Gasteiger partial charge >= 0.3 is 0 Å². The first-order chi connectivity index (χ1) is 11.2. The number of β-amino-alcohol motifs (C(OH)–C–C–N with tert-alkyl or cyclic N) is 1. The fraction of sp³-hybridized carbons (Fsp3) is 0.500. The number of imidazole rings is 1. The molecule has 0 aliphatic carbocycles. The first-order valence-corrected chi connectivity index (χ1v) is 8.77. The quantitative estimate of drug-likeness (QED) is 0.911. The van der Waals surface area contributed by atoms with Crippen LogP contribution in [0.5, 0.6) is 0 Å². The van der Waals surface area contributed by atoms with Crippen LogP contribution in [-0.4, -0.2) is 45.3 Å². The van der Waals surface area contributed by atoms with Gasteiger partial charge in [0.25, 0.3) is 0 Å². The summed E-state index contributed by atoms with van der Waals surface area (Å²) in [4.78, 5) is 6.81. The van der Waals surface area contributed by atoms with Gasteiger partial charge in [0.05, 0.1) is 12.6 Å². The molecule has 5 heteroatoms. The molecule has 1 atom stereocenters. The summed E-state index contributed by atoms with van der Waals surface area (Å²) in [5, 5.41) is 11.2. The maximum Gasteiger partial charge on any atom is 0.139 e. The highest BCUT2D eigenvalue weighted by Gasteiger charge is 2.15. The van der Waals surface area contributed by atoms with Crippen LogP contribution in [0.25, 0.3) is 11.4 Å². The molecule has 3 rings (SSSR count). The first-order valence-electron chi connectivity index (χ1n) is 8.40. The van der Waals surface area contributed by atoms with Gasteiger partial charge in [-0.05, 0) is 50.2 Å². The van der Waals surface area contributed by atoms with Crippen LogP contribution >= 0.6 is 11.6 Å². The minimum Gasteiger partial charge on any atom is -0.390 e. The molecule has 2 aromatic rings. The summed E-state index contributed by atoms with van der Waals surface area (Å²) in [6.45, 7) is 3.50. The van der Waals surface area contributed by atoms with E-state index < -0.39 is 0 Å². The zero-order valence-electron chi connectivity index (χ0n) is 13.4. The molecular weight excluding hydrogens is 310 g/mol. The summed E-state index contributed by atoms with van der Waals surface area (Å²) in [6, 6.07) is 7.65. The Morgan fingerprint density at radius 1 is 1.04 bits per heavy atom. The Hall–Kier alpha value is -1.36. The number of halogens is 1. The van der Waals surface area contributed by atoms with E-state index >= 15 is 0 Å². The molecule has 0 saturated carbocycles. The zero-order valence-corrected chi connectivity index (χ0v) is 14.1. The summed E-state index contributed by atoms with van der Waals surface area (Å²) >= 11 is 5.95. The molecule has 124 valence electrons. The molecule has 1 aliphatic heterocycles. The predicted octanol–water partition coefficient (Wildman–Crippen LogP) is 3.44. The van der Waals surface area contributed by atoms with Gasteiger partial charge in [-0.3, -0.25) is 0 Å². The molecule has 1 saturated heterocycles. The summed E-state index contributed by atoms with van der Waals surface area (Å²) < 4.78 is 2.02. The second-order valence-electron chi connectivity index (χ2n) is 6.28. The Balaban J connectivity index is 1.63. The van der Waals surface area contributed by atoms with Crippen molar-refractivity contribution in [1.82, 2.24) is 14.5 Å². The van der Waals surface area contributed by atoms with E-state index in [1.54, 1.807) is 6.20 Å². The molecule has 0 radical (unpaired) electrons. The lowest BCUT2D eigenvalue weighted by Gasteiger charge is -2.23. The molecule has 1 fully saturated rings. The van der Waals surface area contributed by atoms with Crippen LogP contribution in [0.1, 0.15) is 25.7 Å². The lowest BCUT2D eigenvalue weighted by Crippen LogP contribution is -2.35. The Kier molecular flexibility index (Phi) is 5.70. The van der Waals surface area contributed by atoms with E-state index in [9.17, 15) is 5.11 Å². The third-order valence-electron chi connectivity index (χ3n) is 4.39. The molecule has 1 aliphatic rings. The van der Waals surface area contributed by atoms with Gasteiger partial charge in [-0.1, -0.05) is 24.4 Å². The normalized spacial score (nSPS) is 17.8. The molecule has 1 N–H and O–H groups in total. The van der Waals surface area contributed by atoms with E-state index in [-0.39, 0.29) is 6.10 Å². The molecule has 0 spiro atoms. The third kappa shape index (κ3) is 4.56. The summed E-state index contributed by atoms with van der Waals surface area (Å²) in [5.74, 6) is 0.872. The van der Waals surface area contributed by atoms with Crippen LogP contribution in [0.15, 0.2) is 36.7 Å². The summed E-state index contributed by atoms with van der Waals surface area (Å²) in [5.41, 5.74) is 1.02. The van der Waals surface area contributed by atoms with Crippen LogP contribution in [0, 0.1) is 0 Å². The summed E-state index contributed by atoms with van der Waals surface area (Å²) in [6.07, 6.45) is 8.44. The number of aliphatic hydroxyl groups is 1. The van der Waals surface area contributed by atoms with E-state index in [0.29, 0.717) is 11.6 Å². The minimum absolute atomic E-state index is 0.381. The Morgan fingerprint density at radius 3 is 2.43 bits per heavy atom. The maximum absolute atomic E-state index is 10.5. The summed E-state index contributed by atoms with van der Waals surface area (Å²) in [7, 11) is 0. The highest BCUT2D eigenvalue weighted by atomic mass is 35.5. The number of benzene rings is 1.